The molecule has 1 aliphatic rings. The van der Waals surface area contributed by atoms with Crippen molar-refractivity contribution in [2.24, 2.45) is 0 Å². The second kappa shape index (κ2) is 70.2. The molecular formula is C84H161N2O15P. The summed E-state index contributed by atoms with van der Waals surface area (Å²) in [5, 5.41) is 40.0. The molecule has 602 valence electrons. The van der Waals surface area contributed by atoms with Gasteiger partial charge in [-0.2, -0.15) is 0 Å². The molecule has 102 heavy (non-hydrogen) atoms. The van der Waals surface area contributed by atoms with E-state index in [1.807, 2.05) is 6.08 Å². The van der Waals surface area contributed by atoms with Crippen LogP contribution in [0.3, 0.4) is 0 Å². The van der Waals surface area contributed by atoms with Gasteiger partial charge < -0.3 is 54.7 Å². The minimum absolute atomic E-state index is 0.180. The van der Waals surface area contributed by atoms with Crippen LogP contribution in [0.15, 0.2) is 12.2 Å². The SMILES string of the molecule is CCCCCCCCCCCCC/C=C/[C@@H](O)[C@H](CO[C@H]1O[C@H](CO)[C@@H](OP(=O)(O)O)[C@H](OC(=O)C[C@@H](CCCCCCCCCCC)OC(=O)CCCCCCCCCCCCC)[C@H]1NC(=O)C[C@H](O)CCCCCCCCCCC)NC(=O)CCCCCCCCCCCCCCCCC. The molecule has 1 saturated heterocycles. The van der Waals surface area contributed by atoms with E-state index in [0.717, 1.165) is 109 Å². The number of nitrogens with one attached hydrogen (secondary N) is 2. The van der Waals surface area contributed by atoms with Crippen LogP contribution in [0.1, 0.15) is 433 Å². The second-order valence-electron chi connectivity index (χ2n) is 30.5. The van der Waals surface area contributed by atoms with Crippen LogP contribution in [0.5, 0.6) is 0 Å². The molecule has 17 nitrogen and oxygen atoms in total. The van der Waals surface area contributed by atoms with Crippen molar-refractivity contribution in [3.05, 3.63) is 12.2 Å². The predicted molar refractivity (Wildman–Crippen MR) is 418 cm³/mol. The Hall–Kier alpha value is -2.47. The quantitative estimate of drug-likeness (QED) is 0.0129. The molecule has 0 bridgehead atoms. The Kier molecular flexibility index (Phi) is 67.1. The smallest absolute Gasteiger partial charge is 0.462 e. The van der Waals surface area contributed by atoms with Crippen LogP contribution < -0.4 is 10.6 Å². The zero-order chi connectivity index (χ0) is 74.6. The Labute approximate surface area is 624 Å². The van der Waals surface area contributed by atoms with Crippen molar-refractivity contribution in [3.8, 4) is 0 Å². The number of ether oxygens (including phenoxy) is 4. The number of unbranched alkanes of at least 4 members (excludes halogenated alkanes) is 51. The summed E-state index contributed by atoms with van der Waals surface area (Å²) in [6.45, 7) is 9.79. The monoisotopic (exact) mass is 1470 g/mol. The molecule has 1 fully saturated rings. The van der Waals surface area contributed by atoms with Gasteiger partial charge in [0.1, 0.15) is 24.4 Å². The van der Waals surface area contributed by atoms with E-state index < -0.39 is 100 Å². The summed E-state index contributed by atoms with van der Waals surface area (Å²) in [5.74, 6) is -2.36. The maximum absolute atomic E-state index is 14.6. The lowest BCUT2D eigenvalue weighted by molar-refractivity contribution is -0.273. The average molecular weight is 1470 g/mol. The van der Waals surface area contributed by atoms with Gasteiger partial charge in [-0.15, -0.1) is 0 Å². The van der Waals surface area contributed by atoms with Crippen LogP contribution in [-0.4, -0.2) is 117 Å². The summed E-state index contributed by atoms with van der Waals surface area (Å²) in [7, 11) is -5.46. The molecule has 0 spiro atoms. The first-order chi connectivity index (χ1) is 49.6. The molecular weight excluding hydrogens is 1310 g/mol. The maximum atomic E-state index is 14.6. The highest BCUT2D eigenvalue weighted by molar-refractivity contribution is 7.46. The topological polar surface area (TPSA) is 257 Å². The van der Waals surface area contributed by atoms with E-state index in [-0.39, 0.29) is 25.2 Å². The molecule has 0 aromatic rings. The van der Waals surface area contributed by atoms with Gasteiger partial charge in [-0.3, -0.25) is 23.7 Å². The molecule has 1 heterocycles. The second-order valence-corrected chi connectivity index (χ2v) is 31.7. The molecule has 1 rings (SSSR count). The molecule has 0 aromatic heterocycles. The van der Waals surface area contributed by atoms with Crippen molar-refractivity contribution >= 4 is 31.6 Å². The zero-order valence-electron chi connectivity index (χ0n) is 66.4. The minimum atomic E-state index is -5.46. The van der Waals surface area contributed by atoms with E-state index in [1.165, 1.54) is 218 Å². The van der Waals surface area contributed by atoms with E-state index >= 15 is 0 Å². The van der Waals surface area contributed by atoms with Crippen molar-refractivity contribution in [1.82, 2.24) is 10.6 Å². The Morgan fingerprint density at radius 3 is 1.23 bits per heavy atom. The van der Waals surface area contributed by atoms with Gasteiger partial charge in [0.05, 0.1) is 44.3 Å². The molecule has 2 amide bonds. The van der Waals surface area contributed by atoms with Crippen molar-refractivity contribution < 1.29 is 72.3 Å². The Bertz CT molecular complexity index is 2000. The number of aliphatic hydroxyl groups is 3. The first-order valence-corrected chi connectivity index (χ1v) is 44.8. The highest BCUT2D eigenvalue weighted by Gasteiger charge is 2.52. The summed E-state index contributed by atoms with van der Waals surface area (Å²) in [6, 6.07) is -2.65. The molecule has 0 aromatic carbocycles. The van der Waals surface area contributed by atoms with Crippen LogP contribution in [0.2, 0.25) is 0 Å². The van der Waals surface area contributed by atoms with Gasteiger partial charge in [-0.05, 0) is 44.9 Å². The van der Waals surface area contributed by atoms with E-state index in [1.54, 1.807) is 6.08 Å². The summed E-state index contributed by atoms with van der Waals surface area (Å²) < 4.78 is 43.4. The van der Waals surface area contributed by atoms with Gasteiger partial charge in [0, 0.05) is 12.8 Å². The largest absolute Gasteiger partial charge is 0.470 e. The Morgan fingerprint density at radius 2 is 0.824 bits per heavy atom. The van der Waals surface area contributed by atoms with Crippen molar-refractivity contribution in [1.29, 1.82) is 0 Å². The van der Waals surface area contributed by atoms with E-state index in [2.05, 4.69) is 45.3 Å². The Balaban J connectivity index is 3.57. The van der Waals surface area contributed by atoms with Crippen molar-refractivity contribution in [2.75, 3.05) is 13.2 Å². The van der Waals surface area contributed by atoms with Gasteiger partial charge in [0.2, 0.25) is 11.8 Å². The van der Waals surface area contributed by atoms with Crippen LogP contribution in [0.4, 0.5) is 0 Å². The molecule has 0 saturated carbocycles. The number of phosphoric acid groups is 1. The predicted octanol–water partition coefficient (Wildman–Crippen LogP) is 21.6. The summed E-state index contributed by atoms with van der Waals surface area (Å²) in [6.07, 6.45) is 56.9. The number of rotatable bonds is 76. The third-order valence-electron chi connectivity index (χ3n) is 20.6. The number of esters is 2. The summed E-state index contributed by atoms with van der Waals surface area (Å²) in [5.41, 5.74) is 0. The van der Waals surface area contributed by atoms with Gasteiger partial charge in [0.15, 0.2) is 12.4 Å². The lowest BCUT2D eigenvalue weighted by atomic mass is 9.95. The standard InChI is InChI=1S/C84H161N2O15P/c1-6-11-16-21-26-31-34-36-37-39-42-46-51-56-61-66-77(90)85-74(75(89)65-60-55-50-45-41-38-35-32-27-22-17-12-7-2)71-97-84-81(86-78(91)68-72(88)63-58-53-48-43-29-24-19-14-9-4)83(82(76(70-87)99-84)101-102(94,95)96)100-80(93)69-73(64-59-54-49-44-30-25-20-15-10-5)98-79(92)67-62-57-52-47-40-33-28-23-18-13-8-3/h60,65,72-76,81-84,87-89H,6-59,61-64,66-71H2,1-5H3,(H,85,90)(H,86,91)(H2,94,95,96)/b65-60+/t72-,73-,74+,75-,76-,81-,82-,83-,84+/m1/s1. The fourth-order valence-corrected chi connectivity index (χ4v) is 14.7. The zero-order valence-corrected chi connectivity index (χ0v) is 67.3. The van der Waals surface area contributed by atoms with E-state index in [4.69, 9.17) is 23.5 Å². The average Bonchev–Trinajstić information content (AvgIpc) is 0.781. The number of hydrogen-bond donors (Lipinski definition) is 7. The van der Waals surface area contributed by atoms with E-state index in [0.29, 0.717) is 44.9 Å². The van der Waals surface area contributed by atoms with Crippen molar-refractivity contribution in [3.63, 3.8) is 0 Å². The molecule has 0 radical (unpaired) electrons. The van der Waals surface area contributed by atoms with Gasteiger partial charge in [0.25, 0.3) is 0 Å². The molecule has 0 unspecified atom stereocenters. The minimum Gasteiger partial charge on any atom is -0.462 e. The fraction of sp³-hybridized carbons (Fsp3) is 0.929. The lowest BCUT2D eigenvalue weighted by Crippen LogP contribution is -2.66. The lowest BCUT2D eigenvalue weighted by Gasteiger charge is -2.45. The normalized spacial score (nSPS) is 17.6. The number of carbonyl (C=O) groups excluding carboxylic acids is 4. The molecule has 18 heteroatoms. The van der Waals surface area contributed by atoms with Gasteiger partial charge >= 0.3 is 19.8 Å². The highest BCUT2D eigenvalue weighted by atomic mass is 31.2. The number of hydrogen-bond acceptors (Lipinski definition) is 13. The number of phosphoric ester groups is 1. The fourth-order valence-electron chi connectivity index (χ4n) is 14.1. The van der Waals surface area contributed by atoms with Crippen LogP contribution in [0, 0.1) is 0 Å². The third kappa shape index (κ3) is 58.6. The Morgan fingerprint density at radius 1 is 0.451 bits per heavy atom. The highest BCUT2D eigenvalue weighted by Crippen LogP contribution is 2.42. The van der Waals surface area contributed by atoms with Gasteiger partial charge in [-0.25, -0.2) is 4.57 Å². The van der Waals surface area contributed by atoms with Crippen LogP contribution in [-0.2, 0) is 47.2 Å². The van der Waals surface area contributed by atoms with Crippen molar-refractivity contribution in [2.45, 2.75) is 488 Å². The van der Waals surface area contributed by atoms with E-state index in [9.17, 15) is 48.8 Å². The first-order valence-electron chi connectivity index (χ1n) is 43.2. The number of allylic oxidation sites excluding steroid dienone is 1. The third-order valence-corrected chi connectivity index (χ3v) is 21.1. The van der Waals surface area contributed by atoms with Crippen LogP contribution >= 0.6 is 7.82 Å². The maximum Gasteiger partial charge on any atom is 0.470 e. The summed E-state index contributed by atoms with van der Waals surface area (Å²) >= 11 is 0. The molecule has 1 aliphatic heterocycles. The number of aliphatic hydroxyl groups excluding tert-OH is 3. The molecule has 7 N–H and O–H groups in total. The first kappa shape index (κ1) is 97.5. The number of amides is 2. The molecule has 0 aliphatic carbocycles. The molecule has 9 atom stereocenters. The number of carbonyl (C=O) groups is 4. The summed E-state index contributed by atoms with van der Waals surface area (Å²) in [4.78, 5) is 77.3. The van der Waals surface area contributed by atoms with Gasteiger partial charge in [-0.1, -0.05) is 374 Å². The van der Waals surface area contributed by atoms with Crippen LogP contribution in [0.25, 0.3) is 0 Å².